The molecule has 6 aromatic rings. The van der Waals surface area contributed by atoms with Gasteiger partial charge in [-0.25, -0.2) is 0 Å². The van der Waals surface area contributed by atoms with Gasteiger partial charge in [-0.1, -0.05) is 82.1 Å². The van der Waals surface area contributed by atoms with Gasteiger partial charge in [0, 0.05) is 35.7 Å². The van der Waals surface area contributed by atoms with Crippen molar-refractivity contribution in [3.05, 3.63) is 155 Å². The smallest absolute Gasteiger partial charge is 0.375 e. The molecule has 3 nitrogen and oxygen atoms in total. The molecular weight excluding hydrogens is 913 g/mol. The lowest BCUT2D eigenvalue weighted by atomic mass is 10.0. The van der Waals surface area contributed by atoms with E-state index in [9.17, 15) is 21.6 Å². The monoisotopic (exact) mass is 930 g/mol. The predicted octanol–water partition coefficient (Wildman–Crippen LogP) is 12.1. The lowest BCUT2D eigenvalue weighted by Gasteiger charge is -2.12. The molecule has 0 amide bonds. The highest BCUT2D eigenvalue weighted by molar-refractivity contribution is 9.11. The minimum atomic E-state index is -5.70. The quantitative estimate of drug-likeness (QED) is 0.0987. The maximum absolute atomic E-state index is 12.3. The zero-order valence-electron chi connectivity index (χ0n) is 25.2. The molecule has 246 valence electrons. The van der Waals surface area contributed by atoms with E-state index in [0.29, 0.717) is 5.39 Å². The number of hydrogen-bond acceptors (Lipinski definition) is 3. The molecule has 0 atom stereocenters. The summed E-state index contributed by atoms with van der Waals surface area (Å²) in [5.41, 5.74) is -0.702. The Kier molecular flexibility index (Phi) is 11.6. The van der Waals surface area contributed by atoms with Crippen LogP contribution in [0.15, 0.2) is 127 Å². The third-order valence-electron chi connectivity index (χ3n) is 6.89. The van der Waals surface area contributed by atoms with Gasteiger partial charge in [0.2, 0.25) is 0 Å². The molecule has 0 aliphatic carbocycles. The lowest BCUT2D eigenvalue weighted by Crippen LogP contribution is -2.28. The minimum Gasteiger partial charge on any atom is -0.375 e. The molecule has 0 radical (unpaired) electrons. The van der Waals surface area contributed by atoms with Crippen LogP contribution in [0.5, 0.6) is 5.75 Å². The summed E-state index contributed by atoms with van der Waals surface area (Å²) in [7, 11) is -5.70. The summed E-state index contributed by atoms with van der Waals surface area (Å²) in [4.78, 5) is 0. The van der Waals surface area contributed by atoms with Gasteiger partial charge < -0.3 is 4.18 Å². The summed E-state index contributed by atoms with van der Waals surface area (Å²) in [5, 5.41) is 3.53. The molecule has 49 heavy (non-hydrogen) atoms. The maximum atomic E-state index is 12.3. The highest BCUT2D eigenvalue weighted by Crippen LogP contribution is 2.36. The van der Waals surface area contributed by atoms with Crippen molar-refractivity contribution in [3.63, 3.8) is 0 Å². The predicted molar refractivity (Wildman–Crippen MR) is 204 cm³/mol. The number of aryl methyl sites for hydroxylation is 1. The molecule has 0 unspecified atom stereocenters. The van der Waals surface area contributed by atoms with Crippen LogP contribution in [0.4, 0.5) is 13.2 Å². The molecular formula is C38H21Br4F3O3S. The van der Waals surface area contributed by atoms with Crippen molar-refractivity contribution in [1.82, 2.24) is 0 Å². The van der Waals surface area contributed by atoms with E-state index in [-0.39, 0.29) is 4.47 Å². The normalized spacial score (nSPS) is 11.1. The molecule has 0 heterocycles. The Labute approximate surface area is 315 Å². The van der Waals surface area contributed by atoms with E-state index in [1.54, 1.807) is 19.1 Å². The van der Waals surface area contributed by atoms with Crippen LogP contribution in [-0.4, -0.2) is 13.9 Å². The molecule has 6 rings (SSSR count). The Balaban J connectivity index is 0.000000200. The van der Waals surface area contributed by atoms with Crippen molar-refractivity contribution < 1.29 is 25.8 Å². The zero-order chi connectivity index (χ0) is 35.3. The molecule has 0 aliphatic rings. The first-order chi connectivity index (χ1) is 23.2. The fourth-order valence-corrected chi connectivity index (χ4v) is 6.72. The minimum absolute atomic E-state index is 0.110. The average Bonchev–Trinajstić information content (AvgIpc) is 3.05. The van der Waals surface area contributed by atoms with E-state index < -0.39 is 21.4 Å². The summed E-state index contributed by atoms with van der Waals surface area (Å²) < 4.78 is 66.2. The third kappa shape index (κ3) is 9.36. The van der Waals surface area contributed by atoms with Crippen LogP contribution < -0.4 is 4.18 Å². The highest BCUT2D eigenvalue weighted by Gasteiger charge is 2.48. The fourth-order valence-electron chi connectivity index (χ4n) is 4.42. The molecule has 0 aliphatic heterocycles. The Hall–Kier alpha value is -3.58. The second-order valence-corrected chi connectivity index (χ2v) is 15.4. The summed E-state index contributed by atoms with van der Waals surface area (Å²) in [6.07, 6.45) is 0. The molecule has 0 fully saturated rings. The first kappa shape index (κ1) is 36.7. The number of hydrogen-bond donors (Lipinski definition) is 0. The van der Waals surface area contributed by atoms with Crippen molar-refractivity contribution in [2.24, 2.45) is 0 Å². The largest absolute Gasteiger partial charge is 0.534 e. The molecule has 0 N–H and O–H groups in total. The van der Waals surface area contributed by atoms with Gasteiger partial charge in [0.1, 0.15) is 0 Å². The average molecular weight is 934 g/mol. The van der Waals surface area contributed by atoms with E-state index >= 15 is 0 Å². The summed E-state index contributed by atoms with van der Waals surface area (Å²) in [6, 6.07) is 34.6. The first-order valence-corrected chi connectivity index (χ1v) is 18.8. The van der Waals surface area contributed by atoms with Crippen LogP contribution in [0.3, 0.4) is 0 Å². The second kappa shape index (κ2) is 15.5. The van der Waals surface area contributed by atoms with E-state index in [1.807, 2.05) is 60.7 Å². The number of alkyl halides is 3. The van der Waals surface area contributed by atoms with Gasteiger partial charge in [0.05, 0.1) is 4.47 Å². The Bertz CT molecular complexity index is 2330. The molecule has 6 aromatic carbocycles. The van der Waals surface area contributed by atoms with Gasteiger partial charge >= 0.3 is 15.6 Å². The highest BCUT2D eigenvalue weighted by atomic mass is 79.9. The van der Waals surface area contributed by atoms with Crippen molar-refractivity contribution in [2.75, 3.05) is 0 Å². The molecule has 11 heteroatoms. The Morgan fingerprint density at radius 1 is 0.551 bits per heavy atom. The summed E-state index contributed by atoms with van der Waals surface area (Å²) >= 11 is 13.7. The van der Waals surface area contributed by atoms with Crippen LogP contribution in [0.25, 0.3) is 21.5 Å². The Morgan fingerprint density at radius 2 is 0.959 bits per heavy atom. The van der Waals surface area contributed by atoms with E-state index in [4.69, 9.17) is 0 Å². The van der Waals surface area contributed by atoms with Gasteiger partial charge in [-0.15, -0.1) is 0 Å². The SMILES string of the molecule is Brc1cc2cc(Br)c(C#Cc3ccccc3)cc2cc1C#Cc1ccccc1.Cc1cc2cc(OS(=O)(=O)C(F)(F)F)c(Br)cc2cc1Br. The maximum Gasteiger partial charge on any atom is 0.534 e. The van der Waals surface area contributed by atoms with Gasteiger partial charge in [0.15, 0.2) is 5.75 Å². The second-order valence-electron chi connectivity index (χ2n) is 10.5. The number of rotatable bonds is 2. The fraction of sp³-hybridized carbons (Fsp3) is 0.0526. The third-order valence-corrected chi connectivity index (χ3v) is 10.6. The van der Waals surface area contributed by atoms with Crippen LogP contribution in [0.1, 0.15) is 27.8 Å². The first-order valence-electron chi connectivity index (χ1n) is 14.2. The van der Waals surface area contributed by atoms with Gasteiger partial charge in [0.25, 0.3) is 0 Å². The van der Waals surface area contributed by atoms with E-state index in [0.717, 1.165) is 57.4 Å². The van der Waals surface area contributed by atoms with E-state index in [2.05, 4.69) is 116 Å². The molecule has 0 aromatic heterocycles. The number of halogens is 7. The standard InChI is InChI=1S/C26H14Br2.C12H7Br2F3O3S/c27-25-17-24-18-26(28)22(14-12-20-9-5-2-6-10-20)16-23(24)15-21(25)13-11-19-7-3-1-4-8-19;1-6-2-7-5-11(20-21(18,19)12(15,16)17)10(14)4-8(7)3-9(6)13/h1-10,15-18H;2-5H,1H3. The van der Waals surface area contributed by atoms with E-state index in [1.165, 1.54) is 12.1 Å². The van der Waals surface area contributed by atoms with Crippen LogP contribution in [-0.2, 0) is 10.1 Å². The molecule has 0 saturated heterocycles. The summed E-state index contributed by atoms with van der Waals surface area (Å²) in [6.45, 7) is 1.80. The van der Waals surface area contributed by atoms with Crippen LogP contribution in [0, 0.1) is 30.6 Å². The molecule has 0 saturated carbocycles. The van der Waals surface area contributed by atoms with Gasteiger partial charge in [-0.3, -0.25) is 0 Å². The van der Waals surface area contributed by atoms with Crippen LogP contribution >= 0.6 is 63.7 Å². The van der Waals surface area contributed by atoms with Gasteiger partial charge in [-0.2, -0.15) is 21.6 Å². The zero-order valence-corrected chi connectivity index (χ0v) is 32.3. The van der Waals surface area contributed by atoms with Crippen LogP contribution in [0.2, 0.25) is 0 Å². The number of benzene rings is 6. The van der Waals surface area contributed by atoms with Crippen molar-refractivity contribution in [3.8, 4) is 29.4 Å². The topological polar surface area (TPSA) is 43.4 Å². The van der Waals surface area contributed by atoms with Gasteiger partial charge in [-0.05, 0) is 149 Å². The lowest BCUT2D eigenvalue weighted by molar-refractivity contribution is -0.0500. The summed E-state index contributed by atoms with van der Waals surface area (Å²) in [5.74, 6) is 12.6. The Morgan fingerprint density at radius 3 is 1.43 bits per heavy atom. The van der Waals surface area contributed by atoms with Crippen molar-refractivity contribution in [1.29, 1.82) is 0 Å². The molecule has 0 bridgehead atoms. The number of fused-ring (bicyclic) bond motifs is 2. The van der Waals surface area contributed by atoms with Crippen molar-refractivity contribution in [2.45, 2.75) is 12.4 Å². The van der Waals surface area contributed by atoms with Crippen molar-refractivity contribution >= 4 is 95.4 Å². The molecule has 0 spiro atoms.